The van der Waals surface area contributed by atoms with Crippen LogP contribution in [-0.4, -0.2) is 37.6 Å². The van der Waals surface area contributed by atoms with Crippen LogP contribution in [0, 0.1) is 11.8 Å². The molecule has 2 aliphatic heterocycles. The van der Waals surface area contributed by atoms with Gasteiger partial charge in [0, 0.05) is 32.7 Å². The molecule has 1 saturated carbocycles. The molecule has 2 heteroatoms. The normalized spacial score (nSPS) is 38.5. The Balaban J connectivity index is 1.55. The molecule has 1 N–H and O–H groups in total. The van der Waals surface area contributed by atoms with Crippen LogP contribution in [0.25, 0.3) is 0 Å². The van der Waals surface area contributed by atoms with E-state index < -0.39 is 0 Å². The van der Waals surface area contributed by atoms with Gasteiger partial charge in [0.1, 0.15) is 0 Å². The van der Waals surface area contributed by atoms with Gasteiger partial charge >= 0.3 is 0 Å². The van der Waals surface area contributed by atoms with Crippen LogP contribution in [0.2, 0.25) is 0 Å². The first-order chi connectivity index (χ1) is 6.33. The van der Waals surface area contributed by atoms with E-state index in [1.807, 2.05) is 0 Å². The van der Waals surface area contributed by atoms with Crippen LogP contribution in [0.15, 0.2) is 11.1 Å². The van der Waals surface area contributed by atoms with Crippen molar-refractivity contribution in [2.75, 3.05) is 32.7 Å². The molecule has 0 amide bonds. The van der Waals surface area contributed by atoms with E-state index in [1.54, 1.807) is 11.1 Å². The number of hydrogen-bond acceptors (Lipinski definition) is 2. The molecule has 2 atom stereocenters. The van der Waals surface area contributed by atoms with Crippen LogP contribution in [0.3, 0.4) is 0 Å². The molecule has 0 saturated heterocycles. The van der Waals surface area contributed by atoms with Crippen molar-refractivity contribution < 1.29 is 0 Å². The molecule has 0 aromatic rings. The average Bonchev–Trinajstić information content (AvgIpc) is 2.49. The van der Waals surface area contributed by atoms with Gasteiger partial charge in [-0.2, -0.15) is 0 Å². The highest BCUT2D eigenvalue weighted by molar-refractivity contribution is 5.29. The van der Waals surface area contributed by atoms with Crippen molar-refractivity contribution in [3.05, 3.63) is 11.1 Å². The second-order valence-corrected chi connectivity index (χ2v) is 4.95. The van der Waals surface area contributed by atoms with Gasteiger partial charge < -0.3 is 5.32 Å². The number of nitrogens with zero attached hydrogens (tertiary/aromatic N) is 1. The summed E-state index contributed by atoms with van der Waals surface area (Å²) in [5, 5.41) is 3.42. The highest BCUT2D eigenvalue weighted by Crippen LogP contribution is 2.39. The molecule has 2 unspecified atom stereocenters. The lowest BCUT2D eigenvalue weighted by atomic mass is 10.2. The lowest BCUT2D eigenvalue weighted by molar-refractivity contribution is 0.318. The van der Waals surface area contributed by atoms with Crippen molar-refractivity contribution in [2.45, 2.75) is 13.3 Å². The van der Waals surface area contributed by atoms with E-state index in [1.165, 1.54) is 26.1 Å². The Labute approximate surface area is 80.0 Å². The molecule has 0 aromatic carbocycles. The van der Waals surface area contributed by atoms with E-state index >= 15 is 0 Å². The topological polar surface area (TPSA) is 15.3 Å². The van der Waals surface area contributed by atoms with Crippen molar-refractivity contribution >= 4 is 0 Å². The maximum Gasteiger partial charge on any atom is 0.0212 e. The first-order valence-electron chi connectivity index (χ1n) is 5.46. The number of hydrogen-bond donors (Lipinski definition) is 1. The average molecular weight is 178 g/mol. The van der Waals surface area contributed by atoms with E-state index in [2.05, 4.69) is 17.1 Å². The Morgan fingerprint density at radius 3 is 2.46 bits per heavy atom. The highest BCUT2D eigenvalue weighted by Gasteiger charge is 2.36. The molecule has 0 radical (unpaired) electrons. The summed E-state index contributed by atoms with van der Waals surface area (Å²) in [6.07, 6.45) is 1.47. The van der Waals surface area contributed by atoms with Gasteiger partial charge in [-0.15, -0.1) is 0 Å². The fourth-order valence-electron chi connectivity index (χ4n) is 2.66. The number of nitrogens with one attached hydrogen (secondary N) is 1. The van der Waals surface area contributed by atoms with Crippen LogP contribution in [0.4, 0.5) is 0 Å². The fourth-order valence-corrected chi connectivity index (χ4v) is 2.66. The maximum atomic E-state index is 3.42. The standard InChI is InChI=1S/C11H18N2/c1-8-2-9(8)5-13-6-10-3-12-4-11(10)7-13/h8-9,12H,2-7H2,1H3. The first-order valence-corrected chi connectivity index (χ1v) is 5.46. The Kier molecular flexibility index (Phi) is 1.74. The summed E-state index contributed by atoms with van der Waals surface area (Å²) in [6.45, 7) is 8.56. The van der Waals surface area contributed by atoms with E-state index in [0.717, 1.165) is 24.9 Å². The maximum absolute atomic E-state index is 3.42. The lowest BCUT2D eigenvalue weighted by Crippen LogP contribution is -2.28. The Morgan fingerprint density at radius 1 is 1.31 bits per heavy atom. The van der Waals surface area contributed by atoms with Crippen LogP contribution in [-0.2, 0) is 0 Å². The van der Waals surface area contributed by atoms with Crippen LogP contribution >= 0.6 is 0 Å². The van der Waals surface area contributed by atoms with Gasteiger partial charge in [0.2, 0.25) is 0 Å². The Hall–Kier alpha value is -0.340. The van der Waals surface area contributed by atoms with Gasteiger partial charge in [0.25, 0.3) is 0 Å². The summed E-state index contributed by atoms with van der Waals surface area (Å²) in [4.78, 5) is 2.64. The van der Waals surface area contributed by atoms with Crippen molar-refractivity contribution in [3.8, 4) is 0 Å². The zero-order chi connectivity index (χ0) is 8.84. The van der Waals surface area contributed by atoms with Crippen molar-refractivity contribution in [3.63, 3.8) is 0 Å². The second kappa shape index (κ2) is 2.82. The Morgan fingerprint density at radius 2 is 1.92 bits per heavy atom. The Bertz CT molecular complexity index is 241. The van der Waals surface area contributed by atoms with Crippen molar-refractivity contribution in [2.24, 2.45) is 11.8 Å². The van der Waals surface area contributed by atoms with Gasteiger partial charge in [-0.05, 0) is 29.4 Å². The molecule has 3 aliphatic rings. The monoisotopic (exact) mass is 178 g/mol. The van der Waals surface area contributed by atoms with Gasteiger partial charge in [-0.1, -0.05) is 6.92 Å². The van der Waals surface area contributed by atoms with Crippen molar-refractivity contribution in [1.82, 2.24) is 10.2 Å². The zero-order valence-corrected chi connectivity index (χ0v) is 8.34. The fraction of sp³-hybridized carbons (Fsp3) is 0.818. The molecule has 0 aromatic heterocycles. The van der Waals surface area contributed by atoms with Crippen LogP contribution in [0.1, 0.15) is 13.3 Å². The summed E-state index contributed by atoms with van der Waals surface area (Å²) < 4.78 is 0. The lowest BCUT2D eigenvalue weighted by Gasteiger charge is -2.17. The molecule has 72 valence electrons. The third-order valence-electron chi connectivity index (χ3n) is 3.77. The van der Waals surface area contributed by atoms with E-state index in [9.17, 15) is 0 Å². The van der Waals surface area contributed by atoms with Gasteiger partial charge in [0.15, 0.2) is 0 Å². The molecule has 1 fully saturated rings. The van der Waals surface area contributed by atoms with Gasteiger partial charge in [-0.25, -0.2) is 0 Å². The summed E-state index contributed by atoms with van der Waals surface area (Å²) in [7, 11) is 0. The molecular weight excluding hydrogens is 160 g/mol. The van der Waals surface area contributed by atoms with E-state index in [0.29, 0.717) is 0 Å². The quantitative estimate of drug-likeness (QED) is 0.631. The summed E-state index contributed by atoms with van der Waals surface area (Å²) in [6, 6.07) is 0. The molecule has 2 heterocycles. The molecule has 0 spiro atoms. The third-order valence-corrected chi connectivity index (χ3v) is 3.77. The zero-order valence-electron chi connectivity index (χ0n) is 8.34. The summed E-state index contributed by atoms with van der Waals surface area (Å²) in [5.74, 6) is 2.03. The molecule has 13 heavy (non-hydrogen) atoms. The number of rotatable bonds is 2. The minimum absolute atomic E-state index is 1.01. The van der Waals surface area contributed by atoms with Crippen LogP contribution < -0.4 is 5.32 Å². The highest BCUT2D eigenvalue weighted by atomic mass is 15.2. The van der Waals surface area contributed by atoms with Gasteiger partial charge in [0.05, 0.1) is 0 Å². The predicted octanol–water partition coefficient (Wildman–Crippen LogP) is 0.858. The van der Waals surface area contributed by atoms with E-state index in [-0.39, 0.29) is 0 Å². The second-order valence-electron chi connectivity index (χ2n) is 4.95. The van der Waals surface area contributed by atoms with Crippen molar-refractivity contribution in [1.29, 1.82) is 0 Å². The summed E-state index contributed by atoms with van der Waals surface area (Å²) in [5.41, 5.74) is 3.38. The molecular formula is C11H18N2. The van der Waals surface area contributed by atoms with E-state index in [4.69, 9.17) is 0 Å². The van der Waals surface area contributed by atoms with Crippen LogP contribution in [0.5, 0.6) is 0 Å². The summed E-state index contributed by atoms with van der Waals surface area (Å²) >= 11 is 0. The smallest absolute Gasteiger partial charge is 0.0212 e. The minimum atomic E-state index is 1.01. The largest absolute Gasteiger partial charge is 0.309 e. The van der Waals surface area contributed by atoms with Gasteiger partial charge in [-0.3, -0.25) is 4.90 Å². The predicted molar refractivity (Wildman–Crippen MR) is 53.6 cm³/mol. The SMILES string of the molecule is CC1CC1CN1CC2=C(CNC2)C1. The molecule has 0 bridgehead atoms. The molecule has 2 nitrogen and oxygen atoms in total. The molecule has 3 rings (SSSR count). The third kappa shape index (κ3) is 1.42. The minimum Gasteiger partial charge on any atom is -0.309 e. The molecule has 1 aliphatic carbocycles. The first kappa shape index (κ1) is 8.01.